The van der Waals surface area contributed by atoms with E-state index in [1.54, 1.807) is 55.0 Å². The minimum absolute atomic E-state index is 0.0992. The van der Waals surface area contributed by atoms with Crippen LogP contribution in [-0.4, -0.2) is 27.6 Å². The number of carboxylic acids is 1. The Hall–Kier alpha value is -3.54. The predicted molar refractivity (Wildman–Crippen MR) is 99.5 cm³/mol. The summed E-state index contributed by atoms with van der Waals surface area (Å²) in [5.41, 5.74) is 1.74. The zero-order valence-corrected chi connectivity index (χ0v) is 14.5. The summed E-state index contributed by atoms with van der Waals surface area (Å²) in [6, 6.07) is 10.8. The normalized spacial score (nSPS) is 11.0. The maximum atomic E-state index is 11.7. The Balaban J connectivity index is 2.09. The number of para-hydroxylation sites is 1. The van der Waals surface area contributed by atoms with Gasteiger partial charge in [0, 0.05) is 11.8 Å². The highest BCUT2D eigenvalue weighted by Gasteiger charge is 2.16. The van der Waals surface area contributed by atoms with E-state index in [0.29, 0.717) is 28.6 Å². The Bertz CT molecular complexity index is 1020. The van der Waals surface area contributed by atoms with Crippen LogP contribution in [0.2, 0.25) is 0 Å². The predicted octanol–water partition coefficient (Wildman–Crippen LogP) is 4.12. The maximum Gasteiger partial charge on any atom is 0.355 e. The summed E-state index contributed by atoms with van der Waals surface area (Å²) in [5, 5.41) is 9.55. The number of fused-ring (bicyclic) bond motifs is 1. The van der Waals surface area contributed by atoms with Crippen molar-refractivity contribution in [1.29, 1.82) is 0 Å². The molecule has 132 valence electrons. The first-order chi connectivity index (χ1) is 12.5. The summed E-state index contributed by atoms with van der Waals surface area (Å²) in [5.74, 6) is 0.540. The van der Waals surface area contributed by atoms with Gasteiger partial charge in [-0.1, -0.05) is 24.8 Å². The highest BCUT2D eigenvalue weighted by molar-refractivity contribution is 5.92. The number of ether oxygens (including phenoxy) is 2. The second-order valence-corrected chi connectivity index (χ2v) is 5.60. The third kappa shape index (κ3) is 3.30. The van der Waals surface area contributed by atoms with Gasteiger partial charge in [0.1, 0.15) is 5.65 Å². The van der Waals surface area contributed by atoms with Gasteiger partial charge in [0.25, 0.3) is 0 Å². The van der Waals surface area contributed by atoms with Crippen molar-refractivity contribution >= 4 is 23.8 Å². The van der Waals surface area contributed by atoms with Gasteiger partial charge in [0.15, 0.2) is 17.2 Å². The van der Waals surface area contributed by atoms with Gasteiger partial charge >= 0.3 is 5.97 Å². The molecule has 3 rings (SSSR count). The molecule has 0 atom stereocenters. The fourth-order valence-electron chi connectivity index (χ4n) is 2.62. The molecule has 0 aliphatic carbocycles. The van der Waals surface area contributed by atoms with Gasteiger partial charge in [-0.3, -0.25) is 4.40 Å². The Labute approximate surface area is 150 Å². The number of carboxylic acid groups (broad SMARTS) is 1. The molecule has 3 aromatic rings. The summed E-state index contributed by atoms with van der Waals surface area (Å²) < 4.78 is 12.6. The Morgan fingerprint density at radius 2 is 2.04 bits per heavy atom. The highest BCUT2D eigenvalue weighted by Crippen LogP contribution is 2.33. The molecule has 0 saturated heterocycles. The summed E-state index contributed by atoms with van der Waals surface area (Å²) >= 11 is 0. The lowest BCUT2D eigenvalue weighted by molar-refractivity contribution is 0.0689. The standard InChI is InChI=1S/C20H18N2O4/c1-13(2)26-19-14(7-6-8-16(19)25-3)10-11-15-18(20(23)24)22-12-5-4-9-17(22)21-15/h4-12H,1H2,2-3H3,(H,23,24). The summed E-state index contributed by atoms with van der Waals surface area (Å²) in [4.78, 5) is 16.1. The van der Waals surface area contributed by atoms with Crippen LogP contribution in [0.5, 0.6) is 11.5 Å². The number of aromatic nitrogens is 2. The smallest absolute Gasteiger partial charge is 0.355 e. The van der Waals surface area contributed by atoms with Gasteiger partial charge in [-0.05, 0) is 37.3 Å². The van der Waals surface area contributed by atoms with Crippen LogP contribution in [0.1, 0.15) is 28.7 Å². The molecule has 2 heterocycles. The number of methoxy groups -OCH3 is 1. The third-order valence-electron chi connectivity index (χ3n) is 3.69. The number of aromatic carboxylic acids is 1. The van der Waals surface area contributed by atoms with Crippen molar-refractivity contribution in [3.8, 4) is 11.5 Å². The molecule has 6 heteroatoms. The Morgan fingerprint density at radius 3 is 2.73 bits per heavy atom. The van der Waals surface area contributed by atoms with Crippen LogP contribution < -0.4 is 9.47 Å². The van der Waals surface area contributed by atoms with Crippen LogP contribution in [0, 0.1) is 0 Å². The second-order valence-electron chi connectivity index (χ2n) is 5.60. The fraction of sp³-hybridized carbons (Fsp3) is 0.100. The molecular weight excluding hydrogens is 332 g/mol. The van der Waals surface area contributed by atoms with E-state index in [-0.39, 0.29) is 5.69 Å². The molecule has 0 fully saturated rings. The van der Waals surface area contributed by atoms with Crippen molar-refractivity contribution in [2.45, 2.75) is 6.92 Å². The molecule has 0 amide bonds. The quantitative estimate of drug-likeness (QED) is 0.677. The van der Waals surface area contributed by atoms with E-state index >= 15 is 0 Å². The molecule has 1 aromatic carbocycles. The van der Waals surface area contributed by atoms with Crippen molar-refractivity contribution in [2.24, 2.45) is 0 Å². The Kier molecular flexibility index (Phi) is 4.75. The summed E-state index contributed by atoms with van der Waals surface area (Å²) in [6.45, 7) is 5.50. The van der Waals surface area contributed by atoms with Crippen molar-refractivity contribution in [3.05, 3.63) is 71.9 Å². The van der Waals surface area contributed by atoms with Crippen molar-refractivity contribution in [2.75, 3.05) is 7.11 Å². The van der Waals surface area contributed by atoms with E-state index in [4.69, 9.17) is 9.47 Å². The second kappa shape index (κ2) is 7.14. The molecular formula is C20H18N2O4. The number of nitrogens with zero attached hydrogens (tertiary/aromatic N) is 2. The highest BCUT2D eigenvalue weighted by atomic mass is 16.5. The van der Waals surface area contributed by atoms with Crippen molar-refractivity contribution in [1.82, 2.24) is 9.38 Å². The van der Waals surface area contributed by atoms with Gasteiger partial charge in [-0.25, -0.2) is 9.78 Å². The molecule has 0 radical (unpaired) electrons. The monoisotopic (exact) mass is 350 g/mol. The zero-order chi connectivity index (χ0) is 18.7. The first kappa shape index (κ1) is 17.3. The number of pyridine rings is 1. The zero-order valence-electron chi connectivity index (χ0n) is 14.5. The molecule has 0 aliphatic heterocycles. The van der Waals surface area contributed by atoms with Crippen LogP contribution in [0.3, 0.4) is 0 Å². The molecule has 0 spiro atoms. The number of carbonyl (C=O) groups is 1. The SMILES string of the molecule is C=C(C)Oc1c(C=Cc2nc3ccccn3c2C(=O)O)cccc1OC. The molecule has 0 saturated carbocycles. The first-order valence-corrected chi connectivity index (χ1v) is 7.90. The molecule has 2 aromatic heterocycles. The number of benzene rings is 1. The van der Waals surface area contributed by atoms with E-state index in [2.05, 4.69) is 11.6 Å². The molecule has 1 N–H and O–H groups in total. The summed E-state index contributed by atoms with van der Waals surface area (Å²) in [7, 11) is 1.55. The van der Waals surface area contributed by atoms with Gasteiger partial charge in [0.2, 0.25) is 0 Å². The van der Waals surface area contributed by atoms with Crippen molar-refractivity contribution < 1.29 is 19.4 Å². The number of hydrogen-bond donors (Lipinski definition) is 1. The number of hydrogen-bond acceptors (Lipinski definition) is 4. The van der Waals surface area contributed by atoms with Gasteiger partial charge in [0.05, 0.1) is 18.6 Å². The van der Waals surface area contributed by atoms with Crippen molar-refractivity contribution in [3.63, 3.8) is 0 Å². The van der Waals surface area contributed by atoms with Gasteiger partial charge in [-0.2, -0.15) is 0 Å². The van der Waals surface area contributed by atoms with E-state index in [0.717, 1.165) is 5.56 Å². The first-order valence-electron chi connectivity index (χ1n) is 7.90. The lowest BCUT2D eigenvalue weighted by atomic mass is 10.1. The van der Waals surface area contributed by atoms with Crippen LogP contribution in [0.25, 0.3) is 17.8 Å². The number of imidazole rings is 1. The lowest BCUT2D eigenvalue weighted by Gasteiger charge is -2.12. The van der Waals surface area contributed by atoms with Crippen LogP contribution >= 0.6 is 0 Å². The minimum atomic E-state index is -1.05. The van der Waals surface area contributed by atoms with E-state index in [1.807, 2.05) is 18.2 Å². The van der Waals surface area contributed by atoms with E-state index in [1.165, 1.54) is 0 Å². The maximum absolute atomic E-state index is 11.7. The van der Waals surface area contributed by atoms with E-state index in [9.17, 15) is 9.90 Å². The largest absolute Gasteiger partial charge is 0.493 e. The van der Waals surface area contributed by atoms with Gasteiger partial charge in [-0.15, -0.1) is 0 Å². The minimum Gasteiger partial charge on any atom is -0.493 e. The molecule has 0 aliphatic rings. The molecule has 0 unspecified atom stereocenters. The van der Waals surface area contributed by atoms with Crippen LogP contribution in [-0.2, 0) is 0 Å². The van der Waals surface area contributed by atoms with E-state index < -0.39 is 5.97 Å². The van der Waals surface area contributed by atoms with Crippen LogP contribution in [0.4, 0.5) is 0 Å². The molecule has 6 nitrogen and oxygen atoms in total. The molecule has 26 heavy (non-hydrogen) atoms. The number of allylic oxidation sites excluding steroid dienone is 1. The molecule has 0 bridgehead atoms. The Morgan fingerprint density at radius 1 is 1.23 bits per heavy atom. The fourth-order valence-corrected chi connectivity index (χ4v) is 2.62. The lowest BCUT2D eigenvalue weighted by Crippen LogP contribution is -2.03. The third-order valence-corrected chi connectivity index (χ3v) is 3.69. The van der Waals surface area contributed by atoms with Gasteiger partial charge < -0.3 is 14.6 Å². The summed E-state index contributed by atoms with van der Waals surface area (Å²) in [6.07, 6.45) is 5.07. The topological polar surface area (TPSA) is 73.1 Å². The number of rotatable bonds is 6. The average Bonchev–Trinajstić information content (AvgIpc) is 2.98. The average molecular weight is 350 g/mol. The van der Waals surface area contributed by atoms with Crippen LogP contribution in [0.15, 0.2) is 54.9 Å².